The molecular weight excluding hydrogens is 326 g/mol. The van der Waals surface area contributed by atoms with Crippen LogP contribution in [0.2, 0.25) is 0 Å². The number of rotatable bonds is 3. The number of fused-ring (bicyclic) bond motifs is 3. The first-order chi connectivity index (χ1) is 12.7. The van der Waals surface area contributed by atoms with E-state index in [2.05, 4.69) is 5.32 Å². The molecule has 2 aromatic carbocycles. The van der Waals surface area contributed by atoms with Crippen molar-refractivity contribution < 1.29 is 9.15 Å². The quantitative estimate of drug-likeness (QED) is 0.724. The van der Waals surface area contributed by atoms with Gasteiger partial charge in [0.1, 0.15) is 17.4 Å². The molecule has 5 rings (SSSR count). The monoisotopic (exact) mass is 347 g/mol. The Hall–Kier alpha value is -2.59. The standard InChI is InChI=1S/C22H21NO3/c24-22-13-20(14-4-2-1-3-5-14)19-9-8-17(12-21(19)26-22)25-18-10-15-6-7-16(11-18)23-15/h1-5,8-9,12-13,15-16,18,23H,6-7,10-11H2/t15-,16+,18-. The number of hydrogen-bond acceptors (Lipinski definition) is 4. The summed E-state index contributed by atoms with van der Waals surface area (Å²) >= 11 is 0. The SMILES string of the molecule is O=c1cc(-c2ccccc2)c2ccc(O[C@@H]3C[C@H]4CC[C@@H](C3)N4)cc2o1. The van der Waals surface area contributed by atoms with Gasteiger partial charge in [0.2, 0.25) is 0 Å². The molecule has 3 aromatic rings. The van der Waals surface area contributed by atoms with Crippen LogP contribution in [0.4, 0.5) is 0 Å². The smallest absolute Gasteiger partial charge is 0.336 e. The van der Waals surface area contributed by atoms with Crippen LogP contribution in [0.1, 0.15) is 25.7 Å². The average Bonchev–Trinajstić information content (AvgIpc) is 3.00. The van der Waals surface area contributed by atoms with Crippen LogP contribution in [0.5, 0.6) is 5.75 Å². The molecule has 2 bridgehead atoms. The van der Waals surface area contributed by atoms with Crippen LogP contribution in [0, 0.1) is 0 Å². The summed E-state index contributed by atoms with van der Waals surface area (Å²) in [5, 5.41) is 4.55. The van der Waals surface area contributed by atoms with E-state index in [4.69, 9.17) is 9.15 Å². The van der Waals surface area contributed by atoms with E-state index in [1.165, 1.54) is 12.8 Å². The van der Waals surface area contributed by atoms with Crippen LogP contribution in [-0.2, 0) is 0 Å². The maximum atomic E-state index is 12.1. The molecule has 0 aliphatic carbocycles. The van der Waals surface area contributed by atoms with Gasteiger partial charge in [0.15, 0.2) is 0 Å². The van der Waals surface area contributed by atoms with Crippen LogP contribution < -0.4 is 15.7 Å². The summed E-state index contributed by atoms with van der Waals surface area (Å²) in [5.74, 6) is 0.775. The van der Waals surface area contributed by atoms with Crippen LogP contribution in [0.3, 0.4) is 0 Å². The Morgan fingerprint density at radius 1 is 0.962 bits per heavy atom. The lowest BCUT2D eigenvalue weighted by Gasteiger charge is -2.29. The second-order valence-electron chi connectivity index (χ2n) is 7.35. The van der Waals surface area contributed by atoms with Crippen LogP contribution in [0.15, 0.2) is 63.8 Å². The fourth-order valence-corrected chi connectivity index (χ4v) is 4.37. The summed E-state index contributed by atoms with van der Waals surface area (Å²) in [5.41, 5.74) is 2.14. The number of hydrogen-bond donors (Lipinski definition) is 1. The third-order valence-electron chi connectivity index (χ3n) is 5.53. The lowest BCUT2D eigenvalue weighted by Crippen LogP contribution is -2.42. The molecule has 2 aliphatic heterocycles. The van der Waals surface area contributed by atoms with Crippen LogP contribution in [0.25, 0.3) is 22.1 Å². The zero-order valence-corrected chi connectivity index (χ0v) is 14.5. The van der Waals surface area contributed by atoms with Gasteiger partial charge >= 0.3 is 5.63 Å². The molecule has 3 heterocycles. The molecule has 2 saturated heterocycles. The van der Waals surface area contributed by atoms with Gasteiger partial charge in [0, 0.05) is 29.6 Å². The molecule has 0 spiro atoms. The largest absolute Gasteiger partial charge is 0.490 e. The molecule has 132 valence electrons. The summed E-state index contributed by atoms with van der Waals surface area (Å²) in [7, 11) is 0. The number of benzene rings is 2. The highest BCUT2D eigenvalue weighted by Crippen LogP contribution is 2.32. The van der Waals surface area contributed by atoms with Crippen molar-refractivity contribution in [1.29, 1.82) is 0 Å². The third-order valence-corrected chi connectivity index (χ3v) is 5.53. The van der Waals surface area contributed by atoms with Gasteiger partial charge in [-0.3, -0.25) is 0 Å². The minimum absolute atomic E-state index is 0.232. The van der Waals surface area contributed by atoms with Gasteiger partial charge in [-0.25, -0.2) is 4.79 Å². The highest BCUT2D eigenvalue weighted by atomic mass is 16.5. The topological polar surface area (TPSA) is 51.5 Å². The molecule has 0 saturated carbocycles. The number of ether oxygens (including phenoxy) is 1. The molecule has 0 unspecified atom stereocenters. The zero-order valence-electron chi connectivity index (χ0n) is 14.5. The predicted octanol–water partition coefficient (Wildman–Crippen LogP) is 4.12. The van der Waals surface area contributed by atoms with Gasteiger partial charge in [-0.2, -0.15) is 0 Å². The Bertz CT molecular complexity index is 983. The minimum atomic E-state index is -0.339. The van der Waals surface area contributed by atoms with Crippen molar-refractivity contribution in [3.8, 4) is 16.9 Å². The summed E-state index contributed by atoms with van der Waals surface area (Å²) in [6.45, 7) is 0. The predicted molar refractivity (Wildman–Crippen MR) is 102 cm³/mol. The Labute approximate surface area is 151 Å². The highest BCUT2D eigenvalue weighted by Gasteiger charge is 2.34. The van der Waals surface area contributed by atoms with Gasteiger partial charge in [0.05, 0.1) is 0 Å². The molecule has 0 radical (unpaired) electrons. The number of nitrogens with one attached hydrogen (secondary N) is 1. The van der Waals surface area contributed by atoms with E-state index in [-0.39, 0.29) is 11.7 Å². The molecule has 0 amide bonds. The lowest BCUT2D eigenvalue weighted by atomic mass is 10.0. The Kier molecular flexibility index (Phi) is 3.79. The first-order valence-electron chi connectivity index (χ1n) is 9.31. The molecular formula is C22H21NO3. The van der Waals surface area contributed by atoms with E-state index in [0.717, 1.165) is 35.1 Å². The van der Waals surface area contributed by atoms with Gasteiger partial charge in [-0.05, 0) is 48.9 Å². The van der Waals surface area contributed by atoms with Gasteiger partial charge < -0.3 is 14.5 Å². The maximum Gasteiger partial charge on any atom is 0.336 e. The van der Waals surface area contributed by atoms with Gasteiger partial charge in [0.25, 0.3) is 0 Å². The molecule has 26 heavy (non-hydrogen) atoms. The minimum Gasteiger partial charge on any atom is -0.490 e. The van der Waals surface area contributed by atoms with Crippen molar-refractivity contribution in [3.63, 3.8) is 0 Å². The van der Waals surface area contributed by atoms with E-state index in [1.54, 1.807) is 6.07 Å². The van der Waals surface area contributed by atoms with Crippen LogP contribution in [-0.4, -0.2) is 18.2 Å². The highest BCUT2D eigenvalue weighted by molar-refractivity contribution is 5.93. The van der Waals surface area contributed by atoms with Crippen molar-refractivity contribution in [2.24, 2.45) is 0 Å². The summed E-state index contributed by atoms with van der Waals surface area (Å²) in [6.07, 6.45) is 4.82. The maximum absolute atomic E-state index is 12.1. The van der Waals surface area contributed by atoms with Gasteiger partial charge in [-0.1, -0.05) is 30.3 Å². The van der Waals surface area contributed by atoms with Crippen molar-refractivity contribution in [1.82, 2.24) is 5.32 Å². The molecule has 4 nitrogen and oxygen atoms in total. The van der Waals surface area contributed by atoms with Crippen LogP contribution >= 0.6 is 0 Å². The first kappa shape index (κ1) is 15.6. The Balaban J connectivity index is 1.49. The Morgan fingerprint density at radius 3 is 2.50 bits per heavy atom. The van der Waals surface area contributed by atoms with E-state index in [9.17, 15) is 4.79 Å². The second kappa shape index (κ2) is 6.29. The normalized spacial score (nSPS) is 24.7. The van der Waals surface area contributed by atoms with Crippen molar-refractivity contribution in [2.45, 2.75) is 43.9 Å². The Morgan fingerprint density at radius 2 is 1.73 bits per heavy atom. The second-order valence-corrected chi connectivity index (χ2v) is 7.35. The third kappa shape index (κ3) is 2.90. The summed E-state index contributed by atoms with van der Waals surface area (Å²) in [6, 6.07) is 18.5. The molecule has 1 aromatic heterocycles. The fourth-order valence-electron chi connectivity index (χ4n) is 4.37. The summed E-state index contributed by atoms with van der Waals surface area (Å²) in [4.78, 5) is 12.1. The molecule has 1 N–H and O–H groups in total. The zero-order chi connectivity index (χ0) is 17.5. The molecule has 2 aliphatic rings. The van der Waals surface area contributed by atoms with E-state index < -0.39 is 0 Å². The lowest BCUT2D eigenvalue weighted by molar-refractivity contribution is 0.137. The van der Waals surface area contributed by atoms with E-state index >= 15 is 0 Å². The number of piperidine rings is 1. The average molecular weight is 347 g/mol. The molecule has 3 atom stereocenters. The van der Waals surface area contributed by atoms with Crippen molar-refractivity contribution in [3.05, 3.63) is 65.0 Å². The van der Waals surface area contributed by atoms with Crippen molar-refractivity contribution in [2.75, 3.05) is 0 Å². The molecule has 2 fully saturated rings. The van der Waals surface area contributed by atoms with Gasteiger partial charge in [-0.15, -0.1) is 0 Å². The fraction of sp³-hybridized carbons (Fsp3) is 0.318. The first-order valence-corrected chi connectivity index (χ1v) is 9.31. The van der Waals surface area contributed by atoms with E-state index in [0.29, 0.717) is 17.7 Å². The summed E-state index contributed by atoms with van der Waals surface area (Å²) < 4.78 is 11.7. The molecule has 4 heteroatoms. The van der Waals surface area contributed by atoms with E-state index in [1.807, 2.05) is 48.5 Å². The van der Waals surface area contributed by atoms with Crippen molar-refractivity contribution >= 4 is 11.0 Å².